The van der Waals surface area contributed by atoms with Crippen LogP contribution < -0.4 is 15.4 Å². The number of amides is 1. The molecule has 0 saturated heterocycles. The van der Waals surface area contributed by atoms with E-state index in [2.05, 4.69) is 25.3 Å². The van der Waals surface area contributed by atoms with Crippen LogP contribution in [0, 0.1) is 0 Å². The number of rotatable bonds is 8. The maximum Gasteiger partial charge on any atom is 0.422 e. The van der Waals surface area contributed by atoms with E-state index in [-0.39, 0.29) is 17.0 Å². The smallest absolute Gasteiger partial charge is 0.422 e. The molecule has 2 N–H and O–H groups in total. The second kappa shape index (κ2) is 9.94. The van der Waals surface area contributed by atoms with Crippen molar-refractivity contribution in [2.75, 3.05) is 13.2 Å². The minimum absolute atomic E-state index is 0.0322. The van der Waals surface area contributed by atoms with Crippen molar-refractivity contribution in [3.05, 3.63) is 53.1 Å². The fraction of sp³-hybridized carbons (Fsp3) is 0.476. The summed E-state index contributed by atoms with van der Waals surface area (Å²) < 4.78 is 82.3. The number of hydrogen-bond donors (Lipinski definition) is 2. The van der Waals surface area contributed by atoms with E-state index in [0.717, 1.165) is 12.1 Å². The van der Waals surface area contributed by atoms with Crippen LogP contribution in [0.15, 0.2) is 30.6 Å². The monoisotopic (exact) mass is 478 g/mol. The Labute approximate surface area is 186 Å². The number of hydrogen-bond acceptors (Lipinski definition) is 5. The first-order valence-corrected chi connectivity index (χ1v) is 9.93. The molecule has 0 aliphatic carbocycles. The van der Waals surface area contributed by atoms with Crippen LogP contribution in [0.3, 0.4) is 0 Å². The first-order valence-electron chi connectivity index (χ1n) is 9.93. The van der Waals surface area contributed by atoms with Gasteiger partial charge in [-0.1, -0.05) is 0 Å². The summed E-state index contributed by atoms with van der Waals surface area (Å²) in [6.07, 6.45) is -6.80. The van der Waals surface area contributed by atoms with Crippen molar-refractivity contribution in [1.82, 2.24) is 20.6 Å². The molecule has 0 bridgehead atoms. The van der Waals surface area contributed by atoms with Crippen LogP contribution in [0.4, 0.5) is 26.3 Å². The molecule has 1 aromatic carbocycles. The molecule has 0 fully saturated rings. The molecule has 2 aromatic rings. The van der Waals surface area contributed by atoms with Gasteiger partial charge in [-0.15, -0.1) is 0 Å². The van der Waals surface area contributed by atoms with Gasteiger partial charge in [-0.2, -0.15) is 26.3 Å². The number of carbonyl (C=O) groups excluding carboxylic acids is 1. The van der Waals surface area contributed by atoms with E-state index < -0.39 is 47.8 Å². The predicted molar refractivity (Wildman–Crippen MR) is 108 cm³/mol. The summed E-state index contributed by atoms with van der Waals surface area (Å²) in [5.41, 5.74) is -2.00. The molecular weight excluding hydrogens is 454 g/mol. The lowest BCUT2D eigenvalue weighted by Gasteiger charge is -2.32. The van der Waals surface area contributed by atoms with Crippen molar-refractivity contribution in [1.29, 1.82) is 0 Å². The number of nitrogens with zero attached hydrogens (tertiary/aromatic N) is 2. The van der Waals surface area contributed by atoms with Crippen molar-refractivity contribution >= 4 is 5.91 Å². The Hall–Kier alpha value is -2.89. The van der Waals surface area contributed by atoms with Gasteiger partial charge in [0, 0.05) is 30.5 Å². The molecule has 1 atom stereocenters. The summed E-state index contributed by atoms with van der Waals surface area (Å²) in [7, 11) is 0. The van der Waals surface area contributed by atoms with Crippen molar-refractivity contribution in [3.63, 3.8) is 0 Å². The Morgan fingerprint density at radius 1 is 1.03 bits per heavy atom. The van der Waals surface area contributed by atoms with Crippen molar-refractivity contribution < 1.29 is 35.9 Å². The maximum atomic E-state index is 13.4. The van der Waals surface area contributed by atoms with Gasteiger partial charge in [-0.3, -0.25) is 15.1 Å². The highest BCUT2D eigenvalue weighted by atomic mass is 19.4. The van der Waals surface area contributed by atoms with Crippen molar-refractivity contribution in [2.24, 2.45) is 0 Å². The molecule has 1 aromatic heterocycles. The molecule has 2 rings (SSSR count). The topological polar surface area (TPSA) is 76.1 Å². The summed E-state index contributed by atoms with van der Waals surface area (Å²) in [5.74, 6) is -1.03. The van der Waals surface area contributed by atoms with Gasteiger partial charge in [0.25, 0.3) is 5.91 Å². The minimum Gasteiger partial charge on any atom is -0.484 e. The van der Waals surface area contributed by atoms with Crippen LogP contribution in [0.5, 0.6) is 5.75 Å². The zero-order valence-electron chi connectivity index (χ0n) is 18.4. The third-order valence-electron chi connectivity index (χ3n) is 4.62. The molecule has 12 heteroatoms. The number of benzene rings is 1. The summed E-state index contributed by atoms with van der Waals surface area (Å²) in [5, 5.41) is 5.68. The molecular formula is C21H24F6N4O2. The van der Waals surface area contributed by atoms with E-state index in [0.29, 0.717) is 12.6 Å². The Morgan fingerprint density at radius 2 is 1.64 bits per heavy atom. The number of aromatic nitrogens is 2. The van der Waals surface area contributed by atoms with Gasteiger partial charge in [0.2, 0.25) is 0 Å². The second-order valence-electron chi connectivity index (χ2n) is 7.79. The Balaban J connectivity index is 2.40. The summed E-state index contributed by atoms with van der Waals surface area (Å²) in [6, 6.07) is 1.81. The summed E-state index contributed by atoms with van der Waals surface area (Å²) in [4.78, 5) is 20.5. The molecule has 0 radical (unpaired) electrons. The normalized spacial score (nSPS) is 13.5. The molecule has 6 nitrogen and oxygen atoms in total. The highest BCUT2D eigenvalue weighted by molar-refractivity contribution is 5.93. The Bertz CT molecular complexity index is 976. The van der Waals surface area contributed by atoms with Gasteiger partial charge in [0.05, 0.1) is 11.3 Å². The number of alkyl halides is 6. The lowest BCUT2D eigenvalue weighted by Crippen LogP contribution is -2.40. The van der Waals surface area contributed by atoms with Crippen molar-refractivity contribution in [3.8, 4) is 5.75 Å². The third kappa shape index (κ3) is 7.31. The summed E-state index contributed by atoms with van der Waals surface area (Å²) >= 11 is 0. The van der Waals surface area contributed by atoms with Crippen LogP contribution in [-0.2, 0) is 11.7 Å². The van der Waals surface area contributed by atoms with Gasteiger partial charge in [-0.25, -0.2) is 4.98 Å². The van der Waals surface area contributed by atoms with E-state index in [1.54, 1.807) is 27.7 Å². The zero-order valence-corrected chi connectivity index (χ0v) is 18.4. The van der Waals surface area contributed by atoms with Crippen LogP contribution in [0.25, 0.3) is 0 Å². The highest BCUT2D eigenvalue weighted by Gasteiger charge is 2.35. The SMILES string of the molecule is CCNC(=O)c1nccnc1C(C)NC(C)(C)c1cc(OCC(F)(F)F)cc(C(F)(F)F)c1. The van der Waals surface area contributed by atoms with E-state index in [4.69, 9.17) is 0 Å². The van der Waals surface area contributed by atoms with Gasteiger partial charge < -0.3 is 10.1 Å². The molecule has 0 aliphatic heterocycles. The van der Waals surface area contributed by atoms with Gasteiger partial charge in [0.1, 0.15) is 5.75 Å². The van der Waals surface area contributed by atoms with E-state index in [9.17, 15) is 31.1 Å². The predicted octanol–water partition coefficient (Wildman–Crippen LogP) is 4.77. The molecule has 0 spiro atoms. The standard InChI is InChI=1S/C21H24F6N4O2/c1-5-28-18(32)17-16(29-6-7-30-17)12(2)31-19(3,4)13-8-14(21(25,26)27)10-15(9-13)33-11-20(22,23)24/h6-10,12,31H,5,11H2,1-4H3,(H,28,32). The molecule has 182 valence electrons. The fourth-order valence-corrected chi connectivity index (χ4v) is 3.15. The molecule has 1 amide bonds. The number of carbonyl (C=O) groups is 1. The lowest BCUT2D eigenvalue weighted by atomic mass is 9.91. The molecule has 1 heterocycles. The maximum absolute atomic E-state index is 13.4. The van der Waals surface area contributed by atoms with Crippen molar-refractivity contribution in [2.45, 2.75) is 51.6 Å². The summed E-state index contributed by atoms with van der Waals surface area (Å²) in [6.45, 7) is 5.10. The quantitative estimate of drug-likeness (QED) is 0.535. The average Bonchev–Trinajstić information content (AvgIpc) is 2.70. The van der Waals surface area contributed by atoms with Crippen LogP contribution in [0.1, 0.15) is 61.0 Å². The van der Waals surface area contributed by atoms with E-state index >= 15 is 0 Å². The first kappa shape index (κ1) is 26.4. The van der Waals surface area contributed by atoms with Crippen LogP contribution in [-0.4, -0.2) is 35.2 Å². The zero-order chi connectivity index (χ0) is 25.0. The van der Waals surface area contributed by atoms with Gasteiger partial charge in [-0.05, 0) is 51.5 Å². The van der Waals surface area contributed by atoms with Gasteiger partial charge in [0.15, 0.2) is 12.3 Å². The Morgan fingerprint density at radius 3 is 2.21 bits per heavy atom. The first-order chi connectivity index (χ1) is 15.1. The minimum atomic E-state index is -4.80. The van der Waals surface area contributed by atoms with Crippen LogP contribution >= 0.6 is 0 Å². The van der Waals surface area contributed by atoms with E-state index in [1.807, 2.05) is 0 Å². The molecule has 1 unspecified atom stereocenters. The lowest BCUT2D eigenvalue weighted by molar-refractivity contribution is -0.153. The number of halogens is 6. The Kier molecular flexibility index (Phi) is 7.94. The molecule has 33 heavy (non-hydrogen) atoms. The number of nitrogens with one attached hydrogen (secondary N) is 2. The number of ether oxygens (including phenoxy) is 1. The molecule has 0 saturated carbocycles. The van der Waals surface area contributed by atoms with Crippen LogP contribution in [0.2, 0.25) is 0 Å². The fourth-order valence-electron chi connectivity index (χ4n) is 3.15. The highest BCUT2D eigenvalue weighted by Crippen LogP contribution is 2.36. The van der Waals surface area contributed by atoms with E-state index in [1.165, 1.54) is 12.4 Å². The average molecular weight is 478 g/mol. The largest absolute Gasteiger partial charge is 0.484 e. The second-order valence-corrected chi connectivity index (χ2v) is 7.79. The van der Waals surface area contributed by atoms with Gasteiger partial charge >= 0.3 is 12.4 Å². The molecule has 0 aliphatic rings. The third-order valence-corrected chi connectivity index (χ3v) is 4.62.